The van der Waals surface area contributed by atoms with E-state index < -0.39 is 5.97 Å². The van der Waals surface area contributed by atoms with Gasteiger partial charge in [0.15, 0.2) is 0 Å². The van der Waals surface area contributed by atoms with Crippen LogP contribution < -0.4 is 5.32 Å². The maximum absolute atomic E-state index is 10.8. The van der Waals surface area contributed by atoms with E-state index in [0.29, 0.717) is 18.4 Å². The number of piperidine rings is 1. The molecular weight excluding hydrogens is 324 g/mol. The zero-order chi connectivity index (χ0) is 18.4. The second-order valence-electron chi connectivity index (χ2n) is 7.46. The van der Waals surface area contributed by atoms with Gasteiger partial charge in [-0.15, -0.1) is 0 Å². The summed E-state index contributed by atoms with van der Waals surface area (Å²) < 4.78 is 0. The Morgan fingerprint density at radius 2 is 1.88 bits per heavy atom. The Balaban J connectivity index is 1.60. The molecule has 0 bridgehead atoms. The standard InChI is InChI=1S/C22H28N2O2/c1-17-12-21(16-24(14-17)15-19-6-3-2-4-7-19)23-20-9-5-8-18(13-20)10-11-22(25)26/h2-9,13,17,21,23H,10-12,14-16H2,1H3,(H,25,26). The Labute approximate surface area is 155 Å². The van der Waals surface area contributed by atoms with E-state index in [1.807, 2.05) is 12.1 Å². The fourth-order valence-electron chi connectivity index (χ4n) is 3.84. The molecular formula is C22H28N2O2. The van der Waals surface area contributed by atoms with Gasteiger partial charge >= 0.3 is 5.97 Å². The van der Waals surface area contributed by atoms with Crippen molar-refractivity contribution >= 4 is 11.7 Å². The summed E-state index contributed by atoms with van der Waals surface area (Å²) in [6, 6.07) is 19.2. The summed E-state index contributed by atoms with van der Waals surface area (Å²) in [5.74, 6) is -0.0961. The molecule has 1 heterocycles. The minimum atomic E-state index is -0.749. The number of benzene rings is 2. The number of likely N-dealkylation sites (tertiary alicyclic amines) is 1. The van der Waals surface area contributed by atoms with E-state index in [-0.39, 0.29) is 6.42 Å². The summed E-state index contributed by atoms with van der Waals surface area (Å²) in [6.45, 7) is 5.46. The minimum absolute atomic E-state index is 0.175. The molecule has 2 atom stereocenters. The Bertz CT molecular complexity index is 717. The lowest BCUT2D eigenvalue weighted by molar-refractivity contribution is -0.136. The molecule has 0 saturated carbocycles. The molecule has 4 nitrogen and oxygen atoms in total. The van der Waals surface area contributed by atoms with E-state index >= 15 is 0 Å². The molecule has 0 amide bonds. The Morgan fingerprint density at radius 1 is 1.12 bits per heavy atom. The number of anilines is 1. The number of nitrogens with zero attached hydrogens (tertiary/aromatic N) is 1. The highest BCUT2D eigenvalue weighted by atomic mass is 16.4. The first-order chi connectivity index (χ1) is 12.6. The number of aliphatic carboxylic acids is 1. The van der Waals surface area contributed by atoms with Crippen molar-refractivity contribution in [1.82, 2.24) is 4.90 Å². The molecule has 1 aliphatic heterocycles. The minimum Gasteiger partial charge on any atom is -0.481 e. The molecule has 3 rings (SSSR count). The van der Waals surface area contributed by atoms with Gasteiger partial charge in [-0.05, 0) is 42.0 Å². The number of carboxylic acid groups (broad SMARTS) is 1. The lowest BCUT2D eigenvalue weighted by atomic mass is 9.95. The first kappa shape index (κ1) is 18.5. The first-order valence-corrected chi connectivity index (χ1v) is 9.42. The molecule has 2 aromatic carbocycles. The third-order valence-corrected chi connectivity index (χ3v) is 4.91. The fourth-order valence-corrected chi connectivity index (χ4v) is 3.84. The van der Waals surface area contributed by atoms with Gasteiger partial charge in [-0.25, -0.2) is 0 Å². The number of carboxylic acids is 1. The first-order valence-electron chi connectivity index (χ1n) is 9.42. The van der Waals surface area contributed by atoms with Crippen molar-refractivity contribution in [3.63, 3.8) is 0 Å². The van der Waals surface area contributed by atoms with Gasteiger partial charge in [0, 0.05) is 37.8 Å². The molecule has 2 aromatic rings. The van der Waals surface area contributed by atoms with Crippen LogP contribution in [0.25, 0.3) is 0 Å². The summed E-state index contributed by atoms with van der Waals surface area (Å²) in [7, 11) is 0. The number of rotatable bonds is 7. The van der Waals surface area contributed by atoms with Crippen molar-refractivity contribution in [1.29, 1.82) is 0 Å². The maximum atomic E-state index is 10.8. The van der Waals surface area contributed by atoms with Gasteiger partial charge in [0.1, 0.15) is 0 Å². The van der Waals surface area contributed by atoms with Crippen molar-refractivity contribution in [2.75, 3.05) is 18.4 Å². The number of hydrogen-bond donors (Lipinski definition) is 2. The van der Waals surface area contributed by atoms with Gasteiger partial charge in [0.2, 0.25) is 0 Å². The molecule has 1 aliphatic rings. The van der Waals surface area contributed by atoms with Gasteiger partial charge in [-0.2, -0.15) is 0 Å². The van der Waals surface area contributed by atoms with E-state index in [9.17, 15) is 4.79 Å². The quantitative estimate of drug-likeness (QED) is 0.790. The van der Waals surface area contributed by atoms with Crippen LogP contribution in [0.5, 0.6) is 0 Å². The second kappa shape index (κ2) is 8.86. The van der Waals surface area contributed by atoms with Crippen LogP contribution in [-0.4, -0.2) is 35.1 Å². The Morgan fingerprint density at radius 3 is 2.65 bits per heavy atom. The van der Waals surface area contributed by atoms with E-state index in [2.05, 4.69) is 59.6 Å². The Hall–Kier alpha value is -2.33. The zero-order valence-electron chi connectivity index (χ0n) is 15.4. The summed E-state index contributed by atoms with van der Waals surface area (Å²) in [4.78, 5) is 13.3. The molecule has 138 valence electrons. The average molecular weight is 352 g/mol. The SMILES string of the molecule is CC1CC(Nc2cccc(CCC(=O)O)c2)CN(Cc2ccccc2)C1. The topological polar surface area (TPSA) is 52.6 Å². The number of carbonyl (C=O) groups is 1. The van der Waals surface area contributed by atoms with Gasteiger partial charge < -0.3 is 10.4 Å². The highest BCUT2D eigenvalue weighted by Gasteiger charge is 2.24. The van der Waals surface area contributed by atoms with Crippen molar-refractivity contribution < 1.29 is 9.90 Å². The monoisotopic (exact) mass is 352 g/mol. The molecule has 0 spiro atoms. The largest absolute Gasteiger partial charge is 0.481 e. The number of nitrogens with one attached hydrogen (secondary N) is 1. The van der Waals surface area contributed by atoms with Gasteiger partial charge in [0.25, 0.3) is 0 Å². The molecule has 0 aromatic heterocycles. The third kappa shape index (κ3) is 5.60. The summed E-state index contributed by atoms with van der Waals surface area (Å²) >= 11 is 0. The second-order valence-corrected chi connectivity index (χ2v) is 7.46. The maximum Gasteiger partial charge on any atom is 0.303 e. The van der Waals surface area contributed by atoms with E-state index in [4.69, 9.17) is 5.11 Å². The predicted octanol–water partition coefficient (Wildman–Crippen LogP) is 4.03. The average Bonchev–Trinajstić information content (AvgIpc) is 2.61. The van der Waals surface area contributed by atoms with Crippen LogP contribution in [0.4, 0.5) is 5.69 Å². The van der Waals surface area contributed by atoms with Crippen LogP contribution in [0.2, 0.25) is 0 Å². The smallest absolute Gasteiger partial charge is 0.303 e. The predicted molar refractivity (Wildman–Crippen MR) is 105 cm³/mol. The number of hydrogen-bond acceptors (Lipinski definition) is 3. The van der Waals surface area contributed by atoms with Crippen LogP contribution in [0.1, 0.15) is 30.9 Å². The molecule has 2 N–H and O–H groups in total. The highest BCUT2D eigenvalue weighted by molar-refractivity contribution is 5.67. The van der Waals surface area contributed by atoms with Gasteiger partial charge in [0.05, 0.1) is 0 Å². The zero-order valence-corrected chi connectivity index (χ0v) is 15.4. The summed E-state index contributed by atoms with van der Waals surface area (Å²) in [6.07, 6.45) is 1.91. The van der Waals surface area contributed by atoms with Crippen molar-refractivity contribution in [3.05, 3.63) is 65.7 Å². The lowest BCUT2D eigenvalue weighted by Crippen LogP contribution is -2.45. The lowest BCUT2D eigenvalue weighted by Gasteiger charge is -2.37. The van der Waals surface area contributed by atoms with Crippen molar-refractivity contribution in [2.45, 2.75) is 38.8 Å². The molecule has 0 radical (unpaired) electrons. The van der Waals surface area contributed by atoms with Crippen molar-refractivity contribution in [2.24, 2.45) is 5.92 Å². The van der Waals surface area contributed by atoms with Crippen LogP contribution >= 0.6 is 0 Å². The van der Waals surface area contributed by atoms with E-state index in [1.165, 1.54) is 5.56 Å². The molecule has 1 fully saturated rings. The highest BCUT2D eigenvalue weighted by Crippen LogP contribution is 2.22. The normalized spacial score (nSPS) is 20.7. The van der Waals surface area contributed by atoms with E-state index in [0.717, 1.165) is 37.3 Å². The van der Waals surface area contributed by atoms with E-state index in [1.54, 1.807) is 0 Å². The molecule has 26 heavy (non-hydrogen) atoms. The summed E-state index contributed by atoms with van der Waals surface area (Å²) in [5.41, 5.74) is 3.52. The molecule has 0 aliphatic carbocycles. The Kier molecular flexibility index (Phi) is 6.29. The van der Waals surface area contributed by atoms with Crippen molar-refractivity contribution in [3.8, 4) is 0 Å². The van der Waals surface area contributed by atoms with Gasteiger partial charge in [-0.3, -0.25) is 9.69 Å². The van der Waals surface area contributed by atoms with Crippen LogP contribution in [0, 0.1) is 5.92 Å². The molecule has 2 unspecified atom stereocenters. The fraction of sp³-hybridized carbons (Fsp3) is 0.409. The number of aryl methyl sites for hydroxylation is 1. The van der Waals surface area contributed by atoms with Crippen LogP contribution in [-0.2, 0) is 17.8 Å². The molecule has 4 heteroatoms. The summed E-state index contributed by atoms with van der Waals surface area (Å²) in [5, 5.41) is 12.5. The van der Waals surface area contributed by atoms with Crippen LogP contribution in [0.3, 0.4) is 0 Å². The molecule has 1 saturated heterocycles. The van der Waals surface area contributed by atoms with Crippen LogP contribution in [0.15, 0.2) is 54.6 Å². The van der Waals surface area contributed by atoms with Gasteiger partial charge in [-0.1, -0.05) is 49.4 Å². The third-order valence-electron chi connectivity index (χ3n) is 4.91.